The highest BCUT2D eigenvalue weighted by Gasteiger charge is 2.77. The highest BCUT2D eigenvalue weighted by Crippen LogP contribution is 2.61. The minimum Gasteiger partial charge on any atom is -0.472 e. The molecule has 0 aromatic heterocycles. The quantitative estimate of drug-likeness (QED) is 0.0811. The molecular weight excluding hydrogens is 660 g/mol. The van der Waals surface area contributed by atoms with Gasteiger partial charge in [0.2, 0.25) is 12.6 Å². The summed E-state index contributed by atoms with van der Waals surface area (Å²) < 4.78 is 46.4. The third-order valence-corrected chi connectivity index (χ3v) is 11.3. The van der Waals surface area contributed by atoms with Gasteiger partial charge in [0.15, 0.2) is 12.6 Å². The number of ether oxygens (including phenoxy) is 8. The van der Waals surface area contributed by atoms with Crippen molar-refractivity contribution in [3.63, 3.8) is 0 Å². The van der Waals surface area contributed by atoms with Crippen LogP contribution in [0.3, 0.4) is 0 Å². The van der Waals surface area contributed by atoms with E-state index in [0.29, 0.717) is 12.8 Å². The fraction of sp³-hybridized carbons (Fsp3) is 0.839. The Hall–Kier alpha value is -2.01. The molecule has 20 atom stereocenters. The monoisotopic (exact) mass is 704 g/mol. The molecule has 3 saturated heterocycles. The van der Waals surface area contributed by atoms with E-state index >= 15 is 0 Å². The lowest BCUT2D eigenvalue weighted by atomic mass is 9.83. The average Bonchev–Trinajstić information content (AvgIpc) is 3.62. The van der Waals surface area contributed by atoms with Crippen molar-refractivity contribution in [2.75, 3.05) is 19.8 Å². The van der Waals surface area contributed by atoms with Crippen LogP contribution in [-0.4, -0.2) is 164 Å². The van der Waals surface area contributed by atoms with E-state index in [0.717, 1.165) is 0 Å². The molecule has 16 unspecified atom stereocenters. The van der Waals surface area contributed by atoms with Crippen molar-refractivity contribution in [2.24, 2.45) is 29.6 Å². The van der Waals surface area contributed by atoms with Crippen LogP contribution in [0.15, 0.2) is 24.2 Å². The molecule has 5 fully saturated rings. The van der Waals surface area contributed by atoms with Gasteiger partial charge in [0.25, 0.3) is 0 Å². The number of esters is 1. The molecule has 0 aromatic rings. The highest BCUT2D eigenvalue weighted by molar-refractivity contribution is 5.89. The second kappa shape index (κ2) is 13.5. The van der Waals surface area contributed by atoms with E-state index in [-0.39, 0.29) is 23.3 Å². The van der Waals surface area contributed by atoms with Gasteiger partial charge in [-0.1, -0.05) is 6.92 Å². The van der Waals surface area contributed by atoms with Gasteiger partial charge in [0, 0.05) is 17.8 Å². The first-order chi connectivity index (χ1) is 23.4. The largest absolute Gasteiger partial charge is 0.472 e. The normalized spacial score (nSPS) is 53.0. The zero-order valence-corrected chi connectivity index (χ0v) is 26.4. The van der Waals surface area contributed by atoms with Crippen LogP contribution >= 0.6 is 0 Å². The predicted octanol–water partition coefficient (Wildman–Crippen LogP) is -4.32. The Kier molecular flexibility index (Phi) is 9.76. The number of epoxide rings is 1. The third-order valence-electron chi connectivity index (χ3n) is 11.3. The smallest absolute Gasteiger partial charge is 0.337 e. The van der Waals surface area contributed by atoms with E-state index in [2.05, 4.69) is 0 Å². The standard InChI is InChI=1S/C31H44O18/c1-10-2-3-11-13(8-43-27(16(10)11)47-29-22(39)20(37)18(35)14(6-32)44-29)26(41)46-24-12-4-5-42-28(17(12)31(9-34)25(24)49-31)48-30-23(40)21(38)19(36)15(7-33)45-30/h4-5,8,10-12,14-25,27-30,32-40H,2-3,6-7,9H2,1H3/t10?,11?,12?,14?,15?,16?,17?,18?,19?,20?,21?,22?,23?,24-,25-,27-,28?,29?,30?,31+/m0/s1. The van der Waals surface area contributed by atoms with Gasteiger partial charge in [-0.05, 0) is 24.8 Å². The molecule has 0 spiro atoms. The lowest BCUT2D eigenvalue weighted by molar-refractivity contribution is -0.344. The van der Waals surface area contributed by atoms with E-state index in [9.17, 15) is 50.8 Å². The SMILES string of the molecule is CC1CCC2C(C(=O)O[C@H]3C4C=COC(OC5OC(CO)C(O)C(O)C5O)C4[C@@]4(CO)O[C@@H]34)=CO[C@@H](OC3OC(CO)C(O)C(O)C3O)C12. The van der Waals surface area contributed by atoms with Crippen molar-refractivity contribution in [3.8, 4) is 0 Å². The van der Waals surface area contributed by atoms with Gasteiger partial charge in [-0.15, -0.1) is 0 Å². The van der Waals surface area contributed by atoms with Crippen LogP contribution < -0.4 is 0 Å². The number of fused-ring (bicyclic) bond motifs is 4. The second-order valence-corrected chi connectivity index (χ2v) is 13.9. The Morgan fingerprint density at radius 2 is 1.43 bits per heavy atom. The van der Waals surface area contributed by atoms with Crippen molar-refractivity contribution in [1.82, 2.24) is 0 Å². The van der Waals surface area contributed by atoms with Crippen LogP contribution in [-0.2, 0) is 42.7 Å². The van der Waals surface area contributed by atoms with Crippen molar-refractivity contribution in [1.29, 1.82) is 0 Å². The molecule has 7 rings (SSSR count). The summed E-state index contributed by atoms with van der Waals surface area (Å²) >= 11 is 0. The maximum absolute atomic E-state index is 13.8. The number of rotatable bonds is 9. The minimum absolute atomic E-state index is 0.000182. The Bertz CT molecular complexity index is 1280. The molecule has 0 radical (unpaired) electrons. The van der Waals surface area contributed by atoms with E-state index in [1.54, 1.807) is 6.08 Å². The van der Waals surface area contributed by atoms with E-state index in [4.69, 9.17) is 37.9 Å². The lowest BCUT2D eigenvalue weighted by Gasteiger charge is -2.43. The molecule has 5 heterocycles. The molecule has 18 heteroatoms. The number of carbonyl (C=O) groups excluding carboxylic acids is 1. The van der Waals surface area contributed by atoms with Crippen molar-refractivity contribution < 1.29 is 88.6 Å². The fourth-order valence-corrected chi connectivity index (χ4v) is 8.48. The topological polar surface area (TPSA) is 276 Å². The van der Waals surface area contributed by atoms with Crippen molar-refractivity contribution in [3.05, 3.63) is 24.2 Å². The van der Waals surface area contributed by atoms with Crippen LogP contribution in [0.5, 0.6) is 0 Å². The summed E-state index contributed by atoms with van der Waals surface area (Å²) in [5, 5.41) is 91.3. The Balaban J connectivity index is 1.05. The van der Waals surface area contributed by atoms with Gasteiger partial charge in [0.05, 0.1) is 43.8 Å². The van der Waals surface area contributed by atoms with Crippen LogP contribution in [0.4, 0.5) is 0 Å². The van der Waals surface area contributed by atoms with E-state index in [1.807, 2.05) is 6.92 Å². The molecule has 18 nitrogen and oxygen atoms in total. The van der Waals surface area contributed by atoms with Gasteiger partial charge in [-0.2, -0.15) is 0 Å². The Morgan fingerprint density at radius 3 is 2.02 bits per heavy atom. The first-order valence-electron chi connectivity index (χ1n) is 16.5. The maximum atomic E-state index is 13.8. The zero-order valence-electron chi connectivity index (χ0n) is 26.4. The van der Waals surface area contributed by atoms with Crippen LogP contribution in [0.1, 0.15) is 19.8 Å². The molecule has 0 amide bonds. The first-order valence-corrected chi connectivity index (χ1v) is 16.5. The molecule has 276 valence electrons. The summed E-state index contributed by atoms with van der Waals surface area (Å²) in [4.78, 5) is 13.8. The molecule has 5 aliphatic heterocycles. The van der Waals surface area contributed by atoms with Crippen LogP contribution in [0.2, 0.25) is 0 Å². The fourth-order valence-electron chi connectivity index (χ4n) is 8.48. The third kappa shape index (κ3) is 5.79. The van der Waals surface area contributed by atoms with Crippen molar-refractivity contribution >= 4 is 5.97 Å². The molecule has 9 N–H and O–H groups in total. The van der Waals surface area contributed by atoms with Gasteiger partial charge >= 0.3 is 5.97 Å². The number of hydrogen-bond acceptors (Lipinski definition) is 18. The van der Waals surface area contributed by atoms with Gasteiger partial charge in [-0.25, -0.2) is 4.79 Å². The summed E-state index contributed by atoms with van der Waals surface area (Å²) in [5.41, 5.74) is -0.988. The predicted molar refractivity (Wildman–Crippen MR) is 154 cm³/mol. The Morgan fingerprint density at radius 1 is 0.816 bits per heavy atom. The number of aliphatic hydroxyl groups is 9. The summed E-state index contributed by atoms with van der Waals surface area (Å²) in [6.45, 7) is 0.196. The highest BCUT2D eigenvalue weighted by atomic mass is 16.8. The summed E-state index contributed by atoms with van der Waals surface area (Å²) in [6.07, 6.45) is -13.5. The number of aliphatic hydroxyl groups excluding tert-OH is 9. The summed E-state index contributed by atoms with van der Waals surface area (Å²) in [5.74, 6) is -2.79. The summed E-state index contributed by atoms with van der Waals surface area (Å²) in [6, 6.07) is 0. The second-order valence-electron chi connectivity index (χ2n) is 13.9. The lowest BCUT2D eigenvalue weighted by Crippen LogP contribution is -2.60. The average molecular weight is 705 g/mol. The van der Waals surface area contributed by atoms with Gasteiger partial charge < -0.3 is 83.9 Å². The first kappa shape index (κ1) is 35.4. The minimum atomic E-state index is -1.70. The Labute approximate surface area is 279 Å². The van der Waals surface area contributed by atoms with Crippen LogP contribution in [0.25, 0.3) is 0 Å². The molecule has 2 aliphatic carbocycles. The number of hydrogen-bond donors (Lipinski definition) is 9. The molecule has 49 heavy (non-hydrogen) atoms. The van der Waals surface area contributed by atoms with E-state index < -0.39 is 129 Å². The molecule has 2 saturated carbocycles. The zero-order chi connectivity index (χ0) is 34.9. The molecule has 0 aromatic carbocycles. The van der Waals surface area contributed by atoms with Gasteiger partial charge in [-0.3, -0.25) is 0 Å². The summed E-state index contributed by atoms with van der Waals surface area (Å²) in [7, 11) is 0. The molecular formula is C31H44O18. The molecule has 0 bridgehead atoms. The van der Waals surface area contributed by atoms with Gasteiger partial charge in [0.1, 0.15) is 66.6 Å². The van der Waals surface area contributed by atoms with Crippen molar-refractivity contribution in [2.45, 2.75) is 112 Å². The number of carbonyl (C=O) groups is 1. The maximum Gasteiger partial charge on any atom is 0.337 e. The molecule has 7 aliphatic rings. The van der Waals surface area contributed by atoms with Crippen LogP contribution in [0, 0.1) is 29.6 Å². The van der Waals surface area contributed by atoms with E-state index in [1.165, 1.54) is 12.5 Å².